The Kier molecular flexibility index (Phi) is 5.21. The lowest BCUT2D eigenvalue weighted by atomic mass is 10.1. The van der Waals surface area contributed by atoms with Gasteiger partial charge < -0.3 is 10.6 Å². The Morgan fingerprint density at radius 2 is 1.76 bits per heavy atom. The molecule has 0 radical (unpaired) electrons. The highest BCUT2D eigenvalue weighted by Crippen LogP contribution is 2.22. The molecule has 25 heavy (non-hydrogen) atoms. The van der Waals surface area contributed by atoms with Gasteiger partial charge in [-0.25, -0.2) is 4.68 Å². The second-order valence-electron chi connectivity index (χ2n) is 5.39. The van der Waals surface area contributed by atoms with Gasteiger partial charge in [-0.15, -0.1) is 10.2 Å². The Labute approximate surface area is 150 Å². The molecule has 0 atom stereocenters. The Balaban J connectivity index is 1.64. The third kappa shape index (κ3) is 4.11. The molecule has 0 spiro atoms. The fraction of sp³-hybridized carbons (Fsp3) is 0.167. The first-order valence-corrected chi connectivity index (χ1v) is 8.62. The summed E-state index contributed by atoms with van der Waals surface area (Å²) in [6.45, 7) is 0. The number of thioether (sulfide) groups is 1. The van der Waals surface area contributed by atoms with Crippen LogP contribution in [0.1, 0.15) is 22.5 Å². The minimum Gasteiger partial charge on any atom is -0.497 e. The van der Waals surface area contributed by atoms with E-state index in [4.69, 9.17) is 15.8 Å². The van der Waals surface area contributed by atoms with Crippen LogP contribution in [0, 0.1) is 11.3 Å². The lowest BCUT2D eigenvalue weighted by Gasteiger charge is -2.05. The van der Waals surface area contributed by atoms with Crippen molar-refractivity contribution < 1.29 is 4.74 Å². The summed E-state index contributed by atoms with van der Waals surface area (Å²) in [6, 6.07) is 17.4. The van der Waals surface area contributed by atoms with Crippen LogP contribution < -0.4 is 10.6 Å². The molecule has 0 bridgehead atoms. The number of nitrogens with zero attached hydrogens (tertiary/aromatic N) is 4. The van der Waals surface area contributed by atoms with Crippen molar-refractivity contribution >= 4 is 11.8 Å². The van der Waals surface area contributed by atoms with Gasteiger partial charge in [-0.1, -0.05) is 36.0 Å². The van der Waals surface area contributed by atoms with E-state index in [1.165, 1.54) is 16.4 Å². The molecule has 0 fully saturated rings. The SMILES string of the molecule is COc1ccc(Cc2nnc(SCc3ccc(C#N)cc3)n2N)cc1. The summed E-state index contributed by atoms with van der Waals surface area (Å²) >= 11 is 1.51. The maximum atomic E-state index is 8.83. The normalized spacial score (nSPS) is 10.4. The van der Waals surface area contributed by atoms with Crippen LogP contribution in [-0.4, -0.2) is 22.0 Å². The van der Waals surface area contributed by atoms with Crippen LogP contribution in [0.5, 0.6) is 5.75 Å². The molecule has 0 aliphatic heterocycles. The number of aromatic nitrogens is 3. The van der Waals surface area contributed by atoms with Gasteiger partial charge in [0.1, 0.15) is 5.75 Å². The minimum absolute atomic E-state index is 0.602. The molecule has 3 aromatic rings. The van der Waals surface area contributed by atoms with Gasteiger partial charge in [-0.2, -0.15) is 5.26 Å². The summed E-state index contributed by atoms with van der Waals surface area (Å²) in [5.74, 6) is 8.35. The van der Waals surface area contributed by atoms with Crippen molar-refractivity contribution in [1.82, 2.24) is 14.9 Å². The third-order valence-corrected chi connectivity index (χ3v) is 4.72. The van der Waals surface area contributed by atoms with Gasteiger partial charge in [0.2, 0.25) is 5.16 Å². The van der Waals surface area contributed by atoms with Gasteiger partial charge in [0.05, 0.1) is 18.7 Å². The van der Waals surface area contributed by atoms with Crippen molar-refractivity contribution in [2.75, 3.05) is 13.0 Å². The number of nitrogens with two attached hydrogens (primary N) is 1. The predicted octanol–water partition coefficient (Wildman–Crippen LogP) is 2.76. The van der Waals surface area contributed by atoms with E-state index in [9.17, 15) is 0 Å². The second-order valence-corrected chi connectivity index (χ2v) is 6.33. The van der Waals surface area contributed by atoms with E-state index in [1.807, 2.05) is 36.4 Å². The molecule has 0 unspecified atom stereocenters. The Hall–Kier alpha value is -2.98. The number of nitriles is 1. The van der Waals surface area contributed by atoms with E-state index in [-0.39, 0.29) is 0 Å². The average molecular weight is 351 g/mol. The number of benzene rings is 2. The summed E-state index contributed by atoms with van der Waals surface area (Å²) in [6.07, 6.45) is 0.602. The van der Waals surface area contributed by atoms with Gasteiger partial charge in [-0.3, -0.25) is 0 Å². The van der Waals surface area contributed by atoms with Gasteiger partial charge in [-0.05, 0) is 35.4 Å². The van der Waals surface area contributed by atoms with Crippen LogP contribution >= 0.6 is 11.8 Å². The molecule has 0 amide bonds. The predicted molar refractivity (Wildman–Crippen MR) is 96.7 cm³/mol. The van der Waals surface area contributed by atoms with E-state index >= 15 is 0 Å². The number of hydrogen-bond acceptors (Lipinski definition) is 6. The van der Waals surface area contributed by atoms with Gasteiger partial charge in [0, 0.05) is 12.2 Å². The zero-order chi connectivity index (χ0) is 17.6. The van der Waals surface area contributed by atoms with E-state index < -0.39 is 0 Å². The average Bonchev–Trinajstić information content (AvgIpc) is 3.01. The number of methoxy groups -OCH3 is 1. The molecule has 3 rings (SSSR count). The second kappa shape index (κ2) is 7.73. The molecule has 7 heteroatoms. The van der Waals surface area contributed by atoms with Crippen LogP contribution in [-0.2, 0) is 12.2 Å². The molecule has 126 valence electrons. The molecule has 1 aromatic heterocycles. The number of rotatable bonds is 6. The Morgan fingerprint density at radius 1 is 1.08 bits per heavy atom. The summed E-state index contributed by atoms with van der Waals surface area (Å²) < 4.78 is 6.68. The largest absolute Gasteiger partial charge is 0.497 e. The number of ether oxygens (including phenoxy) is 1. The molecule has 2 N–H and O–H groups in total. The van der Waals surface area contributed by atoms with Crippen LogP contribution in [0.4, 0.5) is 0 Å². The smallest absolute Gasteiger partial charge is 0.210 e. The maximum absolute atomic E-state index is 8.83. The number of hydrogen-bond donors (Lipinski definition) is 1. The van der Waals surface area contributed by atoms with Crippen LogP contribution in [0.3, 0.4) is 0 Å². The monoisotopic (exact) mass is 351 g/mol. The first-order chi connectivity index (χ1) is 12.2. The summed E-state index contributed by atoms with van der Waals surface area (Å²) in [7, 11) is 1.64. The van der Waals surface area contributed by atoms with Crippen molar-refractivity contribution in [3.8, 4) is 11.8 Å². The summed E-state index contributed by atoms with van der Waals surface area (Å²) in [5.41, 5.74) is 2.84. The van der Waals surface area contributed by atoms with E-state index in [0.717, 1.165) is 16.9 Å². The van der Waals surface area contributed by atoms with Crippen LogP contribution in [0.15, 0.2) is 53.7 Å². The van der Waals surface area contributed by atoms with Crippen molar-refractivity contribution in [1.29, 1.82) is 5.26 Å². The minimum atomic E-state index is 0.602. The fourth-order valence-corrected chi connectivity index (χ4v) is 3.11. The van der Waals surface area contributed by atoms with E-state index in [2.05, 4.69) is 16.3 Å². The molecule has 0 saturated carbocycles. The van der Waals surface area contributed by atoms with Gasteiger partial charge in [0.25, 0.3) is 0 Å². The number of nitrogen functional groups attached to an aromatic ring is 1. The van der Waals surface area contributed by atoms with Gasteiger partial charge >= 0.3 is 0 Å². The molecular weight excluding hydrogens is 334 g/mol. The fourth-order valence-electron chi connectivity index (χ4n) is 2.28. The molecular formula is C18H17N5OS. The van der Waals surface area contributed by atoms with Crippen molar-refractivity contribution in [3.63, 3.8) is 0 Å². The van der Waals surface area contributed by atoms with Crippen molar-refractivity contribution in [3.05, 3.63) is 71.0 Å². The summed E-state index contributed by atoms with van der Waals surface area (Å²) in [5, 5.41) is 17.8. The van der Waals surface area contributed by atoms with E-state index in [1.54, 1.807) is 19.2 Å². The zero-order valence-corrected chi connectivity index (χ0v) is 14.5. The molecule has 0 aliphatic carbocycles. The highest BCUT2D eigenvalue weighted by Gasteiger charge is 2.11. The zero-order valence-electron chi connectivity index (χ0n) is 13.7. The van der Waals surface area contributed by atoms with Crippen molar-refractivity contribution in [2.45, 2.75) is 17.3 Å². The van der Waals surface area contributed by atoms with E-state index in [0.29, 0.717) is 28.7 Å². The first-order valence-electron chi connectivity index (χ1n) is 7.63. The Morgan fingerprint density at radius 3 is 2.40 bits per heavy atom. The van der Waals surface area contributed by atoms with Crippen LogP contribution in [0.25, 0.3) is 0 Å². The quantitative estimate of drug-likeness (QED) is 0.542. The third-order valence-electron chi connectivity index (χ3n) is 3.71. The molecule has 2 aromatic carbocycles. The molecule has 6 nitrogen and oxygen atoms in total. The first kappa shape index (κ1) is 16.9. The van der Waals surface area contributed by atoms with Gasteiger partial charge in [0.15, 0.2) is 5.82 Å². The molecule has 1 heterocycles. The lowest BCUT2D eigenvalue weighted by molar-refractivity contribution is 0.414. The lowest BCUT2D eigenvalue weighted by Crippen LogP contribution is -2.14. The summed E-state index contributed by atoms with van der Waals surface area (Å²) in [4.78, 5) is 0. The van der Waals surface area contributed by atoms with Crippen molar-refractivity contribution in [2.24, 2.45) is 0 Å². The standard InChI is InChI=1S/C18H17N5OS/c1-24-16-8-6-13(7-9-16)10-17-21-22-18(23(17)20)25-12-15-4-2-14(11-19)3-5-15/h2-9H,10,12,20H2,1H3. The van der Waals surface area contributed by atoms with Crippen LogP contribution in [0.2, 0.25) is 0 Å². The molecule has 0 aliphatic rings. The highest BCUT2D eigenvalue weighted by atomic mass is 32.2. The maximum Gasteiger partial charge on any atom is 0.210 e. The Bertz CT molecular complexity index is 881. The topological polar surface area (TPSA) is 89.8 Å². The highest BCUT2D eigenvalue weighted by molar-refractivity contribution is 7.98. The molecule has 0 saturated heterocycles.